The molecule has 1 aromatic carbocycles. The molecule has 2 saturated heterocycles. The van der Waals surface area contributed by atoms with Crippen molar-refractivity contribution < 1.29 is 55.6 Å². The fourth-order valence-corrected chi connectivity index (χ4v) is 4.02. The van der Waals surface area contributed by atoms with Gasteiger partial charge in [0.25, 0.3) is 0 Å². The van der Waals surface area contributed by atoms with Crippen molar-refractivity contribution in [2.24, 2.45) is 0 Å². The van der Waals surface area contributed by atoms with E-state index in [0.29, 0.717) is 12.6 Å². The Labute approximate surface area is 220 Å². The molecule has 4 rings (SSSR count). The highest BCUT2D eigenvalue weighted by atomic mass is 19.4. The van der Waals surface area contributed by atoms with E-state index >= 15 is 0 Å². The van der Waals surface area contributed by atoms with Crippen molar-refractivity contribution in [3.63, 3.8) is 0 Å². The van der Waals surface area contributed by atoms with Crippen LogP contribution in [0.5, 0.6) is 0 Å². The number of carboxylic acid groups (broad SMARTS) is 2. The van der Waals surface area contributed by atoms with E-state index in [-0.39, 0.29) is 12.2 Å². The first-order valence-corrected chi connectivity index (χ1v) is 11.8. The molecule has 0 unspecified atom stereocenters. The second-order valence-electron chi connectivity index (χ2n) is 8.53. The number of benzene rings is 1. The number of likely N-dealkylation sites (tertiary alicyclic amines) is 1. The molecule has 2 aliphatic heterocycles. The number of ether oxygens (including phenoxy) is 2. The van der Waals surface area contributed by atoms with Crippen LogP contribution in [0.1, 0.15) is 24.1 Å². The molecule has 0 radical (unpaired) electrons. The minimum absolute atomic E-state index is 0.183. The fraction of sp³-hybridized carbons (Fsp3) is 0.480. The number of halogens is 6. The Morgan fingerprint density at radius 3 is 2.08 bits per heavy atom. The molecule has 0 amide bonds. The van der Waals surface area contributed by atoms with Gasteiger partial charge >= 0.3 is 24.3 Å². The number of carboxylic acids is 2. The zero-order valence-electron chi connectivity index (χ0n) is 20.6. The summed E-state index contributed by atoms with van der Waals surface area (Å²) in [6.45, 7) is 3.61. The molecule has 2 aliphatic rings. The van der Waals surface area contributed by atoms with Crippen LogP contribution in [0.25, 0.3) is 0 Å². The SMILES string of the molecule is O=C(O)C(F)(F)F.O=C(O)C(F)(F)F.c1ccc(CCN2CC[C@@H](OCc3ccccn3)[C@H]3OCC[C@@H]32)cc1. The Hall–Kier alpha value is -3.23. The summed E-state index contributed by atoms with van der Waals surface area (Å²) in [5.41, 5.74) is 2.40. The van der Waals surface area contributed by atoms with E-state index in [2.05, 4.69) is 40.2 Å². The minimum Gasteiger partial charge on any atom is -0.475 e. The van der Waals surface area contributed by atoms with Gasteiger partial charge < -0.3 is 19.7 Å². The lowest BCUT2D eigenvalue weighted by atomic mass is 9.95. The number of hydrogen-bond donors (Lipinski definition) is 2. The molecular formula is C25H28F6N2O6. The van der Waals surface area contributed by atoms with Gasteiger partial charge in [0, 0.05) is 31.9 Å². The summed E-state index contributed by atoms with van der Waals surface area (Å²) >= 11 is 0. The number of rotatable bonds is 6. The van der Waals surface area contributed by atoms with E-state index in [4.69, 9.17) is 29.3 Å². The molecule has 2 aromatic rings. The molecule has 2 fully saturated rings. The molecule has 8 nitrogen and oxygen atoms in total. The predicted octanol–water partition coefficient (Wildman–Crippen LogP) is 4.34. The van der Waals surface area contributed by atoms with Gasteiger partial charge in [0.2, 0.25) is 0 Å². The standard InChI is InChI=1S/C21H26N2O2.2C2HF3O2/c1-2-6-17(7-3-1)9-13-23-14-10-20(21-19(23)11-15-24-21)25-16-18-8-4-5-12-22-18;2*3-2(4,5)1(6)7/h1-8,12,19-21H,9-11,13-16H2;2*(H,6,7)/t19-,20+,21-;;/m0../s1. The maximum Gasteiger partial charge on any atom is 0.490 e. The number of piperidine rings is 1. The molecule has 216 valence electrons. The molecule has 0 aliphatic carbocycles. The first-order valence-electron chi connectivity index (χ1n) is 11.8. The largest absolute Gasteiger partial charge is 0.490 e. The number of carbonyl (C=O) groups is 2. The van der Waals surface area contributed by atoms with Crippen molar-refractivity contribution >= 4 is 11.9 Å². The van der Waals surface area contributed by atoms with E-state index in [0.717, 1.165) is 44.7 Å². The minimum atomic E-state index is -5.08. The highest BCUT2D eigenvalue weighted by Gasteiger charge is 2.42. The maximum absolute atomic E-state index is 10.6. The van der Waals surface area contributed by atoms with Crippen molar-refractivity contribution in [2.45, 2.75) is 56.5 Å². The smallest absolute Gasteiger partial charge is 0.475 e. The van der Waals surface area contributed by atoms with Crippen molar-refractivity contribution in [3.05, 3.63) is 66.0 Å². The molecule has 0 saturated carbocycles. The Kier molecular flexibility index (Phi) is 12.1. The summed E-state index contributed by atoms with van der Waals surface area (Å²) in [5, 5.41) is 14.2. The Morgan fingerprint density at radius 2 is 1.54 bits per heavy atom. The first-order chi connectivity index (χ1) is 18.3. The molecular weight excluding hydrogens is 538 g/mol. The highest BCUT2D eigenvalue weighted by Crippen LogP contribution is 2.31. The van der Waals surface area contributed by atoms with Gasteiger partial charge in [-0.25, -0.2) is 9.59 Å². The Balaban J connectivity index is 0.000000317. The van der Waals surface area contributed by atoms with Gasteiger partial charge in [-0.2, -0.15) is 26.3 Å². The van der Waals surface area contributed by atoms with Crippen molar-refractivity contribution in [1.29, 1.82) is 0 Å². The van der Waals surface area contributed by atoms with Gasteiger partial charge in [0.15, 0.2) is 0 Å². The summed E-state index contributed by atoms with van der Waals surface area (Å²) in [6.07, 6.45) is -4.72. The molecule has 3 heterocycles. The average Bonchev–Trinajstić information content (AvgIpc) is 3.38. The normalized spacial score (nSPS) is 21.0. The average molecular weight is 566 g/mol. The van der Waals surface area contributed by atoms with Gasteiger partial charge in [-0.15, -0.1) is 0 Å². The number of nitrogens with zero attached hydrogens (tertiary/aromatic N) is 2. The third kappa shape index (κ3) is 11.2. The molecule has 0 bridgehead atoms. The van der Waals surface area contributed by atoms with Gasteiger partial charge in [-0.05, 0) is 37.0 Å². The first kappa shape index (κ1) is 32.0. The predicted molar refractivity (Wildman–Crippen MR) is 125 cm³/mol. The Bertz CT molecular complexity index is 942. The number of pyridine rings is 1. The number of alkyl halides is 6. The summed E-state index contributed by atoms with van der Waals surface area (Å²) in [5.74, 6) is -5.51. The lowest BCUT2D eigenvalue weighted by Gasteiger charge is -2.41. The third-order valence-electron chi connectivity index (χ3n) is 5.83. The quantitative estimate of drug-likeness (QED) is 0.498. The summed E-state index contributed by atoms with van der Waals surface area (Å²) in [7, 11) is 0. The van der Waals surface area contributed by atoms with Crippen molar-refractivity contribution in [3.8, 4) is 0 Å². The van der Waals surface area contributed by atoms with Crippen molar-refractivity contribution in [2.75, 3.05) is 19.7 Å². The molecule has 39 heavy (non-hydrogen) atoms. The van der Waals surface area contributed by atoms with Gasteiger partial charge in [-0.3, -0.25) is 9.88 Å². The van der Waals surface area contributed by atoms with Crippen LogP contribution in [0.4, 0.5) is 26.3 Å². The van der Waals surface area contributed by atoms with E-state index in [9.17, 15) is 26.3 Å². The molecule has 3 atom stereocenters. The Morgan fingerprint density at radius 1 is 0.949 bits per heavy atom. The van der Waals surface area contributed by atoms with Crippen LogP contribution in [0.15, 0.2) is 54.7 Å². The van der Waals surface area contributed by atoms with Crippen LogP contribution < -0.4 is 0 Å². The van der Waals surface area contributed by atoms with Crippen LogP contribution >= 0.6 is 0 Å². The molecule has 1 aromatic heterocycles. The van der Waals surface area contributed by atoms with Crippen molar-refractivity contribution in [1.82, 2.24) is 9.88 Å². The zero-order chi connectivity index (χ0) is 29.1. The number of aliphatic carboxylic acids is 2. The van der Waals surface area contributed by atoms with Gasteiger partial charge in [0.1, 0.15) is 0 Å². The van der Waals surface area contributed by atoms with Gasteiger partial charge in [0.05, 0.1) is 24.5 Å². The van der Waals surface area contributed by atoms with Crippen LogP contribution in [0.3, 0.4) is 0 Å². The number of fused-ring (bicyclic) bond motifs is 1. The third-order valence-corrected chi connectivity index (χ3v) is 5.83. The molecule has 0 spiro atoms. The maximum atomic E-state index is 10.6. The summed E-state index contributed by atoms with van der Waals surface area (Å²) < 4.78 is 75.7. The van der Waals surface area contributed by atoms with Gasteiger partial charge in [-0.1, -0.05) is 36.4 Å². The van der Waals surface area contributed by atoms with Crippen LogP contribution in [-0.2, 0) is 32.1 Å². The molecule has 14 heteroatoms. The zero-order valence-corrected chi connectivity index (χ0v) is 20.6. The van der Waals surface area contributed by atoms with E-state index in [1.807, 2.05) is 24.4 Å². The topological polar surface area (TPSA) is 109 Å². The monoisotopic (exact) mass is 566 g/mol. The van der Waals surface area contributed by atoms with E-state index < -0.39 is 24.3 Å². The number of hydrogen-bond acceptors (Lipinski definition) is 6. The lowest BCUT2D eigenvalue weighted by molar-refractivity contribution is -0.193. The lowest BCUT2D eigenvalue weighted by Crippen LogP contribution is -2.53. The van der Waals surface area contributed by atoms with E-state index in [1.165, 1.54) is 5.56 Å². The van der Waals surface area contributed by atoms with Crippen LogP contribution in [0.2, 0.25) is 0 Å². The summed E-state index contributed by atoms with van der Waals surface area (Å²) in [6, 6.07) is 17.2. The second kappa shape index (κ2) is 14.8. The van der Waals surface area contributed by atoms with Crippen LogP contribution in [0, 0.1) is 0 Å². The van der Waals surface area contributed by atoms with Crippen LogP contribution in [-0.4, -0.2) is 82.3 Å². The number of aromatic nitrogens is 1. The second-order valence-corrected chi connectivity index (χ2v) is 8.53. The summed E-state index contributed by atoms with van der Waals surface area (Å²) in [4.78, 5) is 24.7. The fourth-order valence-electron chi connectivity index (χ4n) is 4.02. The van der Waals surface area contributed by atoms with E-state index in [1.54, 1.807) is 0 Å². The highest BCUT2D eigenvalue weighted by molar-refractivity contribution is 5.73. The molecule has 2 N–H and O–H groups in total.